The lowest BCUT2D eigenvalue weighted by Gasteiger charge is -2.27. The van der Waals surface area contributed by atoms with Gasteiger partial charge in [-0.25, -0.2) is 9.78 Å². The predicted octanol–water partition coefficient (Wildman–Crippen LogP) is 4.83. The minimum atomic E-state index is -0.609. The van der Waals surface area contributed by atoms with Crippen molar-refractivity contribution in [1.82, 2.24) is 19.6 Å². The highest BCUT2D eigenvalue weighted by molar-refractivity contribution is 8.00. The summed E-state index contributed by atoms with van der Waals surface area (Å²) in [6.07, 6.45) is 8.90. The lowest BCUT2D eigenvalue weighted by molar-refractivity contribution is -0.125. The van der Waals surface area contributed by atoms with Gasteiger partial charge in [0.1, 0.15) is 11.4 Å². The van der Waals surface area contributed by atoms with Crippen LogP contribution in [0.4, 0.5) is 4.79 Å². The Morgan fingerprint density at radius 2 is 1.79 bits per heavy atom. The fourth-order valence-electron chi connectivity index (χ4n) is 5.58. The van der Waals surface area contributed by atoms with Crippen molar-refractivity contribution in [2.24, 2.45) is 17.8 Å². The Labute approximate surface area is 206 Å². The zero-order valence-electron chi connectivity index (χ0n) is 20.8. The second kappa shape index (κ2) is 8.47. The number of aromatic nitrogens is 2. The number of thioether (sulfide) groups is 1. The van der Waals surface area contributed by atoms with Crippen molar-refractivity contribution in [1.29, 1.82) is 0 Å². The Morgan fingerprint density at radius 3 is 2.44 bits per heavy atom. The van der Waals surface area contributed by atoms with Gasteiger partial charge < -0.3 is 19.4 Å². The Bertz CT molecular complexity index is 1090. The molecule has 5 rings (SSSR count). The first kappa shape index (κ1) is 23.5. The molecule has 1 N–H and O–H groups in total. The predicted molar refractivity (Wildman–Crippen MR) is 133 cm³/mol. The van der Waals surface area contributed by atoms with Crippen LogP contribution in [0.5, 0.6) is 0 Å². The largest absolute Gasteiger partial charge is 0.444 e. The number of nitrogens with one attached hydrogen (secondary N) is 1. The number of amides is 2. The molecule has 1 unspecified atom stereocenters. The smallest absolute Gasteiger partial charge is 0.410 e. The van der Waals surface area contributed by atoms with E-state index in [0.29, 0.717) is 18.3 Å². The van der Waals surface area contributed by atoms with E-state index in [0.717, 1.165) is 11.3 Å². The molecule has 8 heteroatoms. The summed E-state index contributed by atoms with van der Waals surface area (Å²) in [4.78, 5) is 33.3. The van der Waals surface area contributed by atoms with Crippen LogP contribution in [0, 0.1) is 17.8 Å². The highest BCUT2D eigenvalue weighted by atomic mass is 32.2. The van der Waals surface area contributed by atoms with E-state index < -0.39 is 11.1 Å². The molecule has 0 radical (unpaired) electrons. The van der Waals surface area contributed by atoms with Crippen LogP contribution in [-0.2, 0) is 15.1 Å². The van der Waals surface area contributed by atoms with Gasteiger partial charge in [0.15, 0.2) is 0 Å². The molecule has 3 aliphatic rings. The number of hydrogen-bond acceptors (Lipinski definition) is 5. The first-order valence-electron chi connectivity index (χ1n) is 12.5. The van der Waals surface area contributed by atoms with Gasteiger partial charge in [-0.15, -0.1) is 11.8 Å². The molecule has 184 valence electrons. The van der Waals surface area contributed by atoms with E-state index >= 15 is 0 Å². The molecule has 3 atom stereocenters. The normalized spacial score (nSPS) is 25.0. The van der Waals surface area contributed by atoms with E-state index in [9.17, 15) is 9.59 Å². The van der Waals surface area contributed by atoms with Gasteiger partial charge in [-0.2, -0.15) is 0 Å². The Balaban J connectivity index is 1.23. The van der Waals surface area contributed by atoms with Gasteiger partial charge in [-0.05, 0) is 71.4 Å². The van der Waals surface area contributed by atoms with Crippen molar-refractivity contribution in [3.8, 4) is 0 Å². The number of nitrogens with zero attached hydrogens (tertiary/aromatic N) is 3. The second-order valence-corrected chi connectivity index (χ2v) is 12.9. The first-order valence-corrected chi connectivity index (χ1v) is 13.3. The number of ether oxygens (including phenoxy) is 1. The van der Waals surface area contributed by atoms with Gasteiger partial charge in [0, 0.05) is 35.3 Å². The third kappa shape index (κ3) is 4.53. The first-order chi connectivity index (χ1) is 16.0. The summed E-state index contributed by atoms with van der Waals surface area (Å²) in [6, 6.07) is 4.25. The Kier molecular flexibility index (Phi) is 5.86. The maximum Gasteiger partial charge on any atom is 0.410 e. The minimum Gasteiger partial charge on any atom is -0.444 e. The molecule has 3 fully saturated rings. The fraction of sp³-hybridized carbons (Fsp3) is 0.654. The van der Waals surface area contributed by atoms with Gasteiger partial charge in [-0.1, -0.05) is 12.8 Å². The lowest BCUT2D eigenvalue weighted by atomic mass is 10.0. The number of piperidine rings is 1. The van der Waals surface area contributed by atoms with Crippen molar-refractivity contribution in [2.75, 3.05) is 13.1 Å². The third-order valence-corrected chi connectivity index (χ3v) is 8.67. The lowest BCUT2D eigenvalue weighted by Crippen LogP contribution is -2.45. The summed E-state index contributed by atoms with van der Waals surface area (Å²) in [5, 5.41) is 3.94. The van der Waals surface area contributed by atoms with E-state index in [1.807, 2.05) is 58.8 Å². The molecule has 1 saturated heterocycles. The van der Waals surface area contributed by atoms with Crippen LogP contribution in [0.1, 0.15) is 66.1 Å². The van der Waals surface area contributed by atoms with E-state index in [-0.39, 0.29) is 29.8 Å². The highest BCUT2D eigenvalue weighted by Crippen LogP contribution is 2.52. The van der Waals surface area contributed by atoms with Gasteiger partial charge in [0.2, 0.25) is 5.91 Å². The van der Waals surface area contributed by atoms with Crippen molar-refractivity contribution < 1.29 is 14.3 Å². The summed E-state index contributed by atoms with van der Waals surface area (Å²) in [5.41, 5.74) is -0.0114. The molecule has 0 bridgehead atoms. The van der Waals surface area contributed by atoms with Crippen LogP contribution in [0.3, 0.4) is 0 Å². The molecule has 2 aromatic heterocycles. The number of likely N-dealkylation sites (tertiary alicyclic amines) is 1. The molecular formula is C26H36N4O3S. The summed E-state index contributed by atoms with van der Waals surface area (Å²) in [5.74, 6) is 1.28. The number of hydrogen-bond donors (Lipinski definition) is 1. The summed E-state index contributed by atoms with van der Waals surface area (Å²) in [6.45, 7) is 10.8. The average Bonchev–Trinajstić information content (AvgIpc) is 3.22. The number of imidazole rings is 1. The van der Waals surface area contributed by atoms with E-state index in [2.05, 4.69) is 21.9 Å². The second-order valence-electron chi connectivity index (χ2n) is 11.6. The molecule has 7 nitrogen and oxygen atoms in total. The molecule has 34 heavy (non-hydrogen) atoms. The standard InChI is InChI=1S/C26H36N4O3S/c1-25(2,3)33-24(32)29-14-17-18(15-29)21(17)22(31)28-26(4,5)23-27-13-19-20(11-8-12-30(19)23)34-16-9-6-7-10-16/h8,11-13,16-18,21H,6-7,9-10,14-15H2,1-5H3,(H,28,31)/t17-,18+,21?. The van der Waals surface area contributed by atoms with Gasteiger partial charge in [0.25, 0.3) is 0 Å². The monoisotopic (exact) mass is 484 g/mol. The van der Waals surface area contributed by atoms with Crippen molar-refractivity contribution >= 4 is 29.3 Å². The Hall–Kier alpha value is -2.22. The molecule has 1 aliphatic heterocycles. The van der Waals surface area contributed by atoms with Crippen LogP contribution in [0.2, 0.25) is 0 Å². The van der Waals surface area contributed by atoms with Crippen LogP contribution in [-0.4, -0.2) is 50.2 Å². The molecular weight excluding hydrogens is 448 g/mol. The molecule has 3 heterocycles. The van der Waals surface area contributed by atoms with E-state index in [1.165, 1.54) is 30.6 Å². The maximum absolute atomic E-state index is 13.2. The summed E-state index contributed by atoms with van der Waals surface area (Å²) < 4.78 is 7.60. The molecule has 0 aromatic carbocycles. The zero-order valence-corrected chi connectivity index (χ0v) is 21.7. The maximum atomic E-state index is 13.2. The van der Waals surface area contributed by atoms with E-state index in [1.54, 1.807) is 4.90 Å². The zero-order chi connectivity index (χ0) is 24.3. The molecule has 2 aromatic rings. The fourth-order valence-corrected chi connectivity index (χ4v) is 6.94. The average molecular weight is 485 g/mol. The van der Waals surface area contributed by atoms with Crippen molar-refractivity contribution in [2.45, 2.75) is 81.6 Å². The van der Waals surface area contributed by atoms with Crippen LogP contribution >= 0.6 is 11.8 Å². The highest BCUT2D eigenvalue weighted by Gasteiger charge is 2.61. The quantitative estimate of drug-likeness (QED) is 0.658. The van der Waals surface area contributed by atoms with E-state index in [4.69, 9.17) is 9.72 Å². The van der Waals surface area contributed by atoms with Gasteiger partial charge >= 0.3 is 6.09 Å². The number of carbonyl (C=O) groups is 2. The van der Waals surface area contributed by atoms with Crippen molar-refractivity contribution in [3.63, 3.8) is 0 Å². The SMILES string of the molecule is CC(C)(C)OC(=O)N1C[C@@H]2C(C(=O)NC(C)(C)c3ncc4c(SC5CCCC5)cccn34)[C@@H]2C1. The topological polar surface area (TPSA) is 75.9 Å². The van der Waals surface area contributed by atoms with Crippen LogP contribution in [0.15, 0.2) is 29.4 Å². The number of rotatable bonds is 5. The molecule has 2 saturated carbocycles. The third-order valence-electron chi connectivity index (χ3n) is 7.27. The van der Waals surface area contributed by atoms with Gasteiger partial charge in [-0.3, -0.25) is 4.79 Å². The number of fused-ring (bicyclic) bond motifs is 2. The summed E-state index contributed by atoms with van der Waals surface area (Å²) in [7, 11) is 0. The molecule has 2 amide bonds. The molecule has 0 spiro atoms. The molecule has 2 aliphatic carbocycles. The number of carbonyl (C=O) groups excluding carboxylic acids is 2. The minimum absolute atomic E-state index is 0.0438. The van der Waals surface area contributed by atoms with Crippen LogP contribution < -0.4 is 5.32 Å². The summed E-state index contributed by atoms with van der Waals surface area (Å²) >= 11 is 1.96. The van der Waals surface area contributed by atoms with Gasteiger partial charge in [0.05, 0.1) is 17.3 Å². The van der Waals surface area contributed by atoms with Crippen LogP contribution in [0.25, 0.3) is 5.52 Å². The van der Waals surface area contributed by atoms with Crippen molar-refractivity contribution in [3.05, 3.63) is 30.4 Å². The number of pyridine rings is 1. The Morgan fingerprint density at radius 1 is 1.12 bits per heavy atom.